The Kier molecular flexibility index (Phi) is 6.38. The van der Waals surface area contributed by atoms with E-state index in [0.29, 0.717) is 28.5 Å². The van der Waals surface area contributed by atoms with Crippen molar-refractivity contribution in [3.8, 4) is 17.5 Å². The molecular weight excluding hydrogens is 422 g/mol. The second-order valence-corrected chi connectivity index (χ2v) is 9.37. The first kappa shape index (κ1) is 22.2. The number of hydrogen-bond acceptors (Lipinski definition) is 6. The third-order valence-electron chi connectivity index (χ3n) is 6.02. The molecule has 1 aliphatic carbocycles. The van der Waals surface area contributed by atoms with Crippen LogP contribution < -0.4 is 5.32 Å². The molecule has 0 unspecified atom stereocenters. The van der Waals surface area contributed by atoms with Gasteiger partial charge in [-0.1, -0.05) is 41.8 Å². The van der Waals surface area contributed by atoms with Crippen LogP contribution in [0.2, 0.25) is 0 Å². The van der Waals surface area contributed by atoms with Crippen LogP contribution in [0.15, 0.2) is 27.8 Å². The van der Waals surface area contributed by atoms with Crippen LogP contribution in [0.1, 0.15) is 59.7 Å². The van der Waals surface area contributed by atoms with E-state index in [1.807, 2.05) is 39.8 Å². The summed E-state index contributed by atoms with van der Waals surface area (Å²) >= 11 is 1.19. The van der Waals surface area contributed by atoms with Crippen LogP contribution in [-0.4, -0.2) is 26.4 Å². The van der Waals surface area contributed by atoms with E-state index in [9.17, 15) is 10.1 Å². The summed E-state index contributed by atoms with van der Waals surface area (Å²) in [7, 11) is 0. The van der Waals surface area contributed by atoms with Gasteiger partial charge in [0.05, 0.1) is 11.3 Å². The molecular formula is C24H27N5O2S. The fourth-order valence-corrected chi connectivity index (χ4v) is 5.05. The number of nitriles is 1. The van der Waals surface area contributed by atoms with Crippen molar-refractivity contribution < 1.29 is 9.21 Å². The van der Waals surface area contributed by atoms with Gasteiger partial charge in [-0.05, 0) is 58.2 Å². The van der Waals surface area contributed by atoms with Gasteiger partial charge >= 0.3 is 0 Å². The Morgan fingerprint density at radius 3 is 2.53 bits per heavy atom. The molecule has 0 spiro atoms. The van der Waals surface area contributed by atoms with Gasteiger partial charge in [-0.25, -0.2) is 0 Å². The van der Waals surface area contributed by atoms with E-state index in [-0.39, 0.29) is 11.7 Å². The van der Waals surface area contributed by atoms with Gasteiger partial charge in [0.15, 0.2) is 0 Å². The Labute approximate surface area is 192 Å². The van der Waals surface area contributed by atoms with Crippen LogP contribution in [0.3, 0.4) is 0 Å². The summed E-state index contributed by atoms with van der Waals surface area (Å²) < 4.78 is 7.90. The van der Waals surface area contributed by atoms with Crippen molar-refractivity contribution in [2.75, 3.05) is 11.1 Å². The van der Waals surface area contributed by atoms with E-state index < -0.39 is 0 Å². The molecule has 1 fully saturated rings. The molecule has 0 bridgehead atoms. The average molecular weight is 450 g/mol. The minimum absolute atomic E-state index is 0.118. The van der Waals surface area contributed by atoms with Crippen molar-refractivity contribution in [2.45, 2.75) is 64.6 Å². The minimum Gasteiger partial charge on any atom is -0.411 e. The standard InChI is InChI=1S/C24H27N5O2S/c1-14-9-15(2)11-18(10-14)23-27-28-24(31-23)32-13-21(30)26-22-20(12-25)16(3)17(4)29(22)19-7-5-6-8-19/h9-11,19H,5-8,13H2,1-4H3,(H,26,30). The molecule has 4 rings (SSSR count). The van der Waals surface area contributed by atoms with Gasteiger partial charge in [0.1, 0.15) is 11.9 Å². The zero-order valence-electron chi connectivity index (χ0n) is 18.9. The Balaban J connectivity index is 1.47. The third-order valence-corrected chi connectivity index (χ3v) is 6.84. The fraction of sp³-hybridized carbons (Fsp3) is 0.417. The van der Waals surface area contributed by atoms with Crippen molar-refractivity contribution in [3.63, 3.8) is 0 Å². The molecule has 1 saturated carbocycles. The number of carbonyl (C=O) groups excluding carboxylic acids is 1. The summed E-state index contributed by atoms with van der Waals surface area (Å²) in [6.07, 6.45) is 4.49. The summed E-state index contributed by atoms with van der Waals surface area (Å²) in [5.74, 6) is 0.969. The van der Waals surface area contributed by atoms with Gasteiger partial charge in [0.25, 0.3) is 5.22 Å². The number of thioether (sulfide) groups is 1. The van der Waals surface area contributed by atoms with E-state index in [1.165, 1.54) is 24.6 Å². The van der Waals surface area contributed by atoms with Crippen LogP contribution >= 0.6 is 11.8 Å². The lowest BCUT2D eigenvalue weighted by molar-refractivity contribution is -0.113. The number of nitrogens with zero attached hydrogens (tertiary/aromatic N) is 4. The summed E-state index contributed by atoms with van der Waals surface area (Å²) in [6.45, 7) is 8.00. The lowest BCUT2D eigenvalue weighted by Gasteiger charge is -2.19. The second kappa shape index (κ2) is 9.21. The number of aromatic nitrogens is 3. The quantitative estimate of drug-likeness (QED) is 0.500. The first-order valence-electron chi connectivity index (χ1n) is 10.8. The molecule has 1 aliphatic rings. The first-order chi connectivity index (χ1) is 15.4. The van der Waals surface area contributed by atoms with Gasteiger partial charge < -0.3 is 14.3 Å². The largest absolute Gasteiger partial charge is 0.411 e. The minimum atomic E-state index is -0.200. The molecule has 0 radical (unpaired) electrons. The highest BCUT2D eigenvalue weighted by atomic mass is 32.2. The number of rotatable bonds is 6. The van der Waals surface area contributed by atoms with Crippen LogP contribution in [0, 0.1) is 39.0 Å². The zero-order chi connectivity index (χ0) is 22.8. The molecule has 0 aliphatic heterocycles. The Bertz CT molecular complexity index is 1180. The van der Waals surface area contributed by atoms with Gasteiger partial charge in [0.2, 0.25) is 11.8 Å². The maximum atomic E-state index is 12.8. The zero-order valence-corrected chi connectivity index (χ0v) is 19.7. The Hall–Kier alpha value is -3.05. The number of anilines is 1. The molecule has 2 aromatic heterocycles. The van der Waals surface area contributed by atoms with E-state index in [0.717, 1.165) is 40.8 Å². The molecule has 1 N–H and O–H groups in total. The van der Waals surface area contributed by atoms with Crippen LogP contribution in [0.4, 0.5) is 5.82 Å². The van der Waals surface area contributed by atoms with E-state index in [4.69, 9.17) is 4.42 Å². The number of hydrogen-bond donors (Lipinski definition) is 1. The highest BCUT2D eigenvalue weighted by molar-refractivity contribution is 7.99. The van der Waals surface area contributed by atoms with Crippen molar-refractivity contribution in [3.05, 3.63) is 46.1 Å². The SMILES string of the molecule is Cc1cc(C)cc(-c2nnc(SCC(=O)Nc3c(C#N)c(C)c(C)n3C3CCCC3)o2)c1. The van der Waals surface area contributed by atoms with Gasteiger partial charge in [-0.3, -0.25) is 4.79 Å². The predicted octanol–water partition coefficient (Wildman–Crippen LogP) is 5.49. The third kappa shape index (κ3) is 4.44. The number of aryl methyl sites for hydroxylation is 2. The van der Waals surface area contributed by atoms with Crippen molar-refractivity contribution >= 4 is 23.5 Å². The van der Waals surface area contributed by atoms with Gasteiger partial charge in [-0.15, -0.1) is 10.2 Å². The second-order valence-electron chi connectivity index (χ2n) is 8.44. The maximum Gasteiger partial charge on any atom is 0.277 e. The van der Waals surface area contributed by atoms with Crippen molar-refractivity contribution in [1.29, 1.82) is 5.26 Å². The average Bonchev–Trinajstić information content (AvgIpc) is 3.48. The van der Waals surface area contributed by atoms with Crippen LogP contribution in [0.5, 0.6) is 0 Å². The molecule has 7 nitrogen and oxygen atoms in total. The summed E-state index contributed by atoms with van der Waals surface area (Å²) in [4.78, 5) is 12.8. The molecule has 166 valence electrons. The predicted molar refractivity (Wildman–Crippen MR) is 125 cm³/mol. The monoisotopic (exact) mass is 449 g/mol. The first-order valence-corrected chi connectivity index (χ1v) is 11.8. The highest BCUT2D eigenvalue weighted by Gasteiger charge is 2.26. The summed E-state index contributed by atoms with van der Waals surface area (Å²) in [5.41, 5.74) is 5.63. The van der Waals surface area contributed by atoms with E-state index in [1.54, 1.807) is 0 Å². The lowest BCUT2D eigenvalue weighted by atomic mass is 10.1. The summed E-state index contributed by atoms with van der Waals surface area (Å²) in [6, 6.07) is 8.67. The summed E-state index contributed by atoms with van der Waals surface area (Å²) in [5, 5.41) is 21.2. The molecule has 2 heterocycles. The molecule has 1 amide bonds. The molecule has 8 heteroatoms. The van der Waals surface area contributed by atoms with E-state index in [2.05, 4.69) is 32.2 Å². The Morgan fingerprint density at radius 2 is 1.88 bits per heavy atom. The van der Waals surface area contributed by atoms with Crippen LogP contribution in [0.25, 0.3) is 11.5 Å². The number of nitrogens with one attached hydrogen (secondary N) is 1. The number of carbonyl (C=O) groups is 1. The topological polar surface area (TPSA) is 96.7 Å². The highest BCUT2D eigenvalue weighted by Crippen LogP contribution is 2.37. The number of benzene rings is 1. The Morgan fingerprint density at radius 1 is 1.19 bits per heavy atom. The maximum absolute atomic E-state index is 12.8. The molecule has 0 saturated heterocycles. The molecule has 0 atom stereocenters. The smallest absolute Gasteiger partial charge is 0.277 e. The molecule has 32 heavy (non-hydrogen) atoms. The lowest BCUT2D eigenvalue weighted by Crippen LogP contribution is -2.19. The normalized spacial score (nSPS) is 14.0. The van der Waals surface area contributed by atoms with Crippen LogP contribution in [-0.2, 0) is 4.79 Å². The number of amides is 1. The van der Waals surface area contributed by atoms with E-state index >= 15 is 0 Å². The van der Waals surface area contributed by atoms with Crippen molar-refractivity contribution in [1.82, 2.24) is 14.8 Å². The van der Waals surface area contributed by atoms with Gasteiger partial charge in [0, 0.05) is 17.3 Å². The van der Waals surface area contributed by atoms with Crippen molar-refractivity contribution in [2.24, 2.45) is 0 Å². The van der Waals surface area contributed by atoms with Gasteiger partial charge in [-0.2, -0.15) is 5.26 Å². The molecule has 3 aromatic rings. The molecule has 1 aromatic carbocycles. The fourth-order valence-electron chi connectivity index (χ4n) is 4.48.